The maximum Gasteiger partial charge on any atom is 0.326 e. The van der Waals surface area contributed by atoms with Gasteiger partial charge >= 0.3 is 5.97 Å². The lowest BCUT2D eigenvalue weighted by atomic mass is 10.1. The predicted octanol–water partition coefficient (Wildman–Crippen LogP) is -0.142. The van der Waals surface area contributed by atoms with Gasteiger partial charge in [0.05, 0.1) is 0 Å². The van der Waals surface area contributed by atoms with Crippen molar-refractivity contribution in [3.05, 3.63) is 29.8 Å². The number of carbonyl (C=O) groups excluding carboxylic acids is 2. The number of hydrogen-bond donors (Lipinski definition) is 4. The van der Waals surface area contributed by atoms with Crippen LogP contribution in [0.25, 0.3) is 0 Å². The van der Waals surface area contributed by atoms with Crippen molar-refractivity contribution in [3.8, 4) is 0 Å². The lowest BCUT2D eigenvalue weighted by molar-refractivity contribution is -0.142. The fraction of sp³-hybridized carbons (Fsp3) is 0.357. The van der Waals surface area contributed by atoms with Crippen LogP contribution in [0.2, 0.25) is 0 Å². The van der Waals surface area contributed by atoms with Gasteiger partial charge in [-0.25, -0.2) is 4.79 Å². The fourth-order valence-electron chi connectivity index (χ4n) is 2.27. The number of para-hydroxylation sites is 1. The largest absolute Gasteiger partial charge is 0.480 e. The molecular weight excluding hydrogens is 274 g/mol. The van der Waals surface area contributed by atoms with E-state index in [-0.39, 0.29) is 12.8 Å². The average molecular weight is 291 g/mol. The topological polar surface area (TPSA) is 122 Å². The molecule has 1 unspecified atom stereocenters. The molecule has 5 N–H and O–H groups in total. The molecule has 2 amide bonds. The summed E-state index contributed by atoms with van der Waals surface area (Å²) in [4.78, 5) is 33.9. The first kappa shape index (κ1) is 14.8. The fourth-order valence-corrected chi connectivity index (χ4v) is 2.27. The Morgan fingerprint density at radius 2 is 2.10 bits per heavy atom. The molecule has 7 heteroatoms. The highest BCUT2D eigenvalue weighted by molar-refractivity contribution is 5.90. The second-order valence-corrected chi connectivity index (χ2v) is 4.96. The van der Waals surface area contributed by atoms with Gasteiger partial charge in [0.2, 0.25) is 11.8 Å². The zero-order chi connectivity index (χ0) is 15.4. The third-order valence-corrected chi connectivity index (χ3v) is 3.38. The summed E-state index contributed by atoms with van der Waals surface area (Å²) in [7, 11) is 0. The summed E-state index contributed by atoms with van der Waals surface area (Å²) in [6.07, 6.45) is 0.399. The van der Waals surface area contributed by atoms with Crippen LogP contribution in [0.1, 0.15) is 18.4 Å². The van der Waals surface area contributed by atoms with Crippen LogP contribution in [-0.2, 0) is 20.8 Å². The van der Waals surface area contributed by atoms with Crippen molar-refractivity contribution >= 4 is 23.5 Å². The van der Waals surface area contributed by atoms with Crippen LogP contribution in [-0.4, -0.2) is 35.0 Å². The summed E-state index contributed by atoms with van der Waals surface area (Å²) >= 11 is 0. The lowest BCUT2D eigenvalue weighted by Gasteiger charge is -2.17. The quantitative estimate of drug-likeness (QED) is 0.581. The average Bonchev–Trinajstić information content (AvgIpc) is 2.86. The molecule has 1 aromatic carbocycles. The Kier molecular flexibility index (Phi) is 4.42. The summed E-state index contributed by atoms with van der Waals surface area (Å²) in [5.41, 5.74) is 6.89. The van der Waals surface area contributed by atoms with Gasteiger partial charge in [-0.1, -0.05) is 18.2 Å². The Balaban J connectivity index is 1.94. The van der Waals surface area contributed by atoms with Crippen LogP contribution in [0.4, 0.5) is 5.69 Å². The third-order valence-electron chi connectivity index (χ3n) is 3.38. The molecule has 0 aromatic heterocycles. The zero-order valence-electron chi connectivity index (χ0n) is 11.3. The van der Waals surface area contributed by atoms with Crippen LogP contribution in [0.5, 0.6) is 0 Å². The zero-order valence-corrected chi connectivity index (χ0v) is 11.3. The number of aliphatic carboxylic acids is 1. The summed E-state index contributed by atoms with van der Waals surface area (Å²) in [6, 6.07) is 5.91. The molecule has 2 rings (SSSR count). The predicted molar refractivity (Wildman–Crippen MR) is 75.6 cm³/mol. The minimum atomic E-state index is -1.18. The molecule has 0 spiro atoms. The van der Waals surface area contributed by atoms with E-state index in [1.807, 2.05) is 24.3 Å². The maximum atomic E-state index is 12.1. The Morgan fingerprint density at radius 1 is 1.38 bits per heavy atom. The van der Waals surface area contributed by atoms with Gasteiger partial charge in [-0.05, 0) is 18.1 Å². The summed E-state index contributed by atoms with van der Waals surface area (Å²) in [5, 5.41) is 14.6. The Morgan fingerprint density at radius 3 is 2.71 bits per heavy atom. The van der Waals surface area contributed by atoms with Crippen LogP contribution in [0, 0.1) is 0 Å². The summed E-state index contributed by atoms with van der Waals surface area (Å²) in [6.45, 7) is 0. The molecule has 0 saturated carbocycles. The monoisotopic (exact) mass is 291 g/mol. The number of nitrogens with one attached hydrogen (secondary N) is 2. The molecule has 2 atom stereocenters. The maximum absolute atomic E-state index is 12.1. The molecule has 1 aliphatic rings. The molecule has 21 heavy (non-hydrogen) atoms. The van der Waals surface area contributed by atoms with Crippen molar-refractivity contribution in [1.29, 1.82) is 0 Å². The van der Waals surface area contributed by atoms with Crippen molar-refractivity contribution < 1.29 is 19.5 Å². The number of rotatable bonds is 6. The molecular formula is C14H17N3O4. The highest BCUT2D eigenvalue weighted by Gasteiger charge is 2.29. The molecule has 0 radical (unpaired) electrons. The molecule has 0 aliphatic carbocycles. The molecule has 0 fully saturated rings. The first-order valence-corrected chi connectivity index (χ1v) is 6.63. The molecule has 1 aromatic rings. The number of benzene rings is 1. The number of carboxylic acid groups (broad SMARTS) is 1. The minimum Gasteiger partial charge on any atom is -0.480 e. The second kappa shape index (κ2) is 6.25. The molecule has 7 nitrogen and oxygen atoms in total. The third kappa shape index (κ3) is 3.71. The van der Waals surface area contributed by atoms with Gasteiger partial charge in [-0.15, -0.1) is 0 Å². The van der Waals surface area contributed by atoms with Gasteiger partial charge in [0.1, 0.15) is 12.1 Å². The SMILES string of the molecule is NC(=O)CC[C@@H](NC(=O)C1Cc2ccccc2N1)C(=O)O. The molecule has 1 aliphatic heterocycles. The van der Waals surface area contributed by atoms with Crippen molar-refractivity contribution in [2.45, 2.75) is 31.3 Å². The van der Waals surface area contributed by atoms with Crippen LogP contribution in [0.3, 0.4) is 0 Å². The molecule has 0 bridgehead atoms. The number of hydrogen-bond acceptors (Lipinski definition) is 4. The van der Waals surface area contributed by atoms with Crippen molar-refractivity contribution in [1.82, 2.24) is 5.32 Å². The van der Waals surface area contributed by atoms with Gasteiger partial charge in [0, 0.05) is 18.5 Å². The van der Waals surface area contributed by atoms with E-state index in [1.54, 1.807) is 0 Å². The number of anilines is 1. The second-order valence-electron chi connectivity index (χ2n) is 4.96. The van der Waals surface area contributed by atoms with Crippen molar-refractivity contribution in [2.24, 2.45) is 5.73 Å². The van der Waals surface area contributed by atoms with Crippen molar-refractivity contribution in [2.75, 3.05) is 5.32 Å². The highest BCUT2D eigenvalue weighted by Crippen LogP contribution is 2.25. The molecule has 112 valence electrons. The van der Waals surface area contributed by atoms with E-state index in [1.165, 1.54) is 0 Å². The standard InChI is InChI=1S/C14H17N3O4/c15-12(18)6-5-10(14(20)21)17-13(19)11-7-8-3-1-2-4-9(8)16-11/h1-4,10-11,16H,5-7H2,(H2,15,18)(H,17,19)(H,20,21)/t10-,11?/m1/s1. The van der Waals surface area contributed by atoms with E-state index in [0.29, 0.717) is 6.42 Å². The van der Waals surface area contributed by atoms with Crippen LogP contribution in [0.15, 0.2) is 24.3 Å². The lowest BCUT2D eigenvalue weighted by Crippen LogP contribution is -2.47. The normalized spacial score (nSPS) is 17.4. The van der Waals surface area contributed by atoms with Crippen molar-refractivity contribution in [3.63, 3.8) is 0 Å². The van der Waals surface area contributed by atoms with Gasteiger partial charge in [-0.2, -0.15) is 0 Å². The Bertz CT molecular complexity index is 548. The van der Waals surface area contributed by atoms with Gasteiger partial charge < -0.3 is 21.5 Å². The number of carboxylic acids is 1. The van der Waals surface area contributed by atoms with E-state index >= 15 is 0 Å². The van der Waals surface area contributed by atoms with Gasteiger partial charge in [0.15, 0.2) is 0 Å². The number of fused-ring (bicyclic) bond motifs is 1. The molecule has 1 heterocycles. The van der Waals surface area contributed by atoms with E-state index in [4.69, 9.17) is 10.8 Å². The van der Waals surface area contributed by atoms with Gasteiger partial charge in [0.25, 0.3) is 0 Å². The van der Waals surface area contributed by atoms with E-state index in [0.717, 1.165) is 11.3 Å². The van der Waals surface area contributed by atoms with E-state index in [2.05, 4.69) is 10.6 Å². The number of carbonyl (C=O) groups is 3. The number of primary amides is 1. The Labute approximate surface area is 121 Å². The smallest absolute Gasteiger partial charge is 0.326 e. The van der Waals surface area contributed by atoms with Crippen LogP contribution < -0.4 is 16.4 Å². The first-order chi connectivity index (χ1) is 9.97. The Hall–Kier alpha value is -2.57. The number of amides is 2. The van der Waals surface area contributed by atoms with E-state index < -0.39 is 29.9 Å². The van der Waals surface area contributed by atoms with E-state index in [9.17, 15) is 14.4 Å². The highest BCUT2D eigenvalue weighted by atomic mass is 16.4. The molecule has 0 saturated heterocycles. The minimum absolute atomic E-state index is 0.0178. The number of nitrogens with two attached hydrogens (primary N) is 1. The first-order valence-electron chi connectivity index (χ1n) is 6.63. The van der Waals surface area contributed by atoms with Crippen LogP contribution >= 0.6 is 0 Å². The summed E-state index contributed by atoms with van der Waals surface area (Å²) in [5.74, 6) is -2.18. The summed E-state index contributed by atoms with van der Waals surface area (Å²) < 4.78 is 0. The van der Waals surface area contributed by atoms with Gasteiger partial charge in [-0.3, -0.25) is 9.59 Å².